The number of carbonyl (C=O) groups excluding carboxylic acids is 4. The molecule has 2 aromatic carbocycles. The summed E-state index contributed by atoms with van der Waals surface area (Å²) in [5, 5.41) is 2.75. The van der Waals surface area contributed by atoms with E-state index in [1.165, 1.54) is 0 Å². The Bertz CT molecular complexity index is 1190. The SMILES string of the molecule is Cc1ccc(NC(=O)COC(=O)[C@H](Cc2ccccc2)N2C(=O)[C@@H]3[C@H](C2=O)[C@H]2C=C[C@H]3C2)c(C)c1. The summed E-state index contributed by atoms with van der Waals surface area (Å²) in [6.45, 7) is 3.34. The molecule has 2 bridgehead atoms. The molecule has 5 rings (SSSR count). The third kappa shape index (κ3) is 4.27. The number of rotatable bonds is 7. The lowest BCUT2D eigenvalue weighted by molar-refractivity contribution is -0.160. The summed E-state index contributed by atoms with van der Waals surface area (Å²) >= 11 is 0. The van der Waals surface area contributed by atoms with E-state index in [-0.39, 0.29) is 30.1 Å². The Morgan fingerprint density at radius 3 is 2.29 bits per heavy atom. The molecule has 1 saturated heterocycles. The van der Waals surface area contributed by atoms with Gasteiger partial charge in [-0.3, -0.25) is 19.3 Å². The molecule has 1 N–H and O–H groups in total. The van der Waals surface area contributed by atoms with Crippen LogP contribution in [0.2, 0.25) is 0 Å². The number of imide groups is 1. The number of hydrogen-bond acceptors (Lipinski definition) is 5. The fourth-order valence-electron chi connectivity index (χ4n) is 5.72. The smallest absolute Gasteiger partial charge is 0.330 e. The number of benzene rings is 2. The molecule has 7 heteroatoms. The van der Waals surface area contributed by atoms with E-state index in [2.05, 4.69) is 5.32 Å². The van der Waals surface area contributed by atoms with E-state index in [1.54, 1.807) is 6.07 Å². The van der Waals surface area contributed by atoms with Crippen molar-refractivity contribution in [2.24, 2.45) is 23.7 Å². The lowest BCUT2D eigenvalue weighted by Crippen LogP contribution is -2.48. The Morgan fingerprint density at radius 1 is 1.00 bits per heavy atom. The summed E-state index contributed by atoms with van der Waals surface area (Å²) in [4.78, 5) is 53.5. The molecule has 1 aliphatic heterocycles. The van der Waals surface area contributed by atoms with Crippen molar-refractivity contribution in [3.8, 4) is 0 Å². The first kappa shape index (κ1) is 23.0. The van der Waals surface area contributed by atoms with Gasteiger partial charge in [-0.25, -0.2) is 4.79 Å². The number of nitrogens with zero attached hydrogens (tertiary/aromatic N) is 1. The molecule has 180 valence electrons. The molecular formula is C28H28N2O5. The number of carbonyl (C=O) groups is 4. The van der Waals surface area contributed by atoms with Gasteiger partial charge in [0.15, 0.2) is 6.61 Å². The van der Waals surface area contributed by atoms with Crippen LogP contribution in [0.3, 0.4) is 0 Å². The van der Waals surface area contributed by atoms with Crippen LogP contribution in [-0.4, -0.2) is 41.2 Å². The van der Waals surface area contributed by atoms with Gasteiger partial charge in [0.25, 0.3) is 5.91 Å². The molecule has 3 aliphatic rings. The molecule has 7 nitrogen and oxygen atoms in total. The highest BCUT2D eigenvalue weighted by atomic mass is 16.5. The molecule has 1 heterocycles. The Morgan fingerprint density at radius 2 is 1.66 bits per heavy atom. The zero-order valence-corrected chi connectivity index (χ0v) is 19.8. The lowest BCUT2D eigenvalue weighted by atomic mass is 9.85. The third-order valence-corrected chi connectivity index (χ3v) is 7.36. The lowest BCUT2D eigenvalue weighted by Gasteiger charge is -2.26. The number of allylic oxidation sites excluding steroid dienone is 2. The van der Waals surface area contributed by atoms with Crippen molar-refractivity contribution in [1.82, 2.24) is 4.90 Å². The number of aryl methyl sites for hydroxylation is 2. The summed E-state index contributed by atoms with van der Waals surface area (Å²) in [6, 6.07) is 13.7. The number of anilines is 1. The Kier molecular flexibility index (Phi) is 6.01. The van der Waals surface area contributed by atoms with Crippen LogP contribution < -0.4 is 5.32 Å². The standard InChI is InChI=1S/C28H28N2O5/c1-16-8-11-21(17(2)12-16)29-23(31)15-35-28(34)22(13-18-6-4-3-5-7-18)30-26(32)24-19-9-10-20(14-19)25(24)27(30)33/h3-12,19-20,22,24-25H,13-15H2,1-2H3,(H,29,31)/t19-,20-,22-,24-,25+/m0/s1. The van der Waals surface area contributed by atoms with Gasteiger partial charge in [0.1, 0.15) is 6.04 Å². The van der Waals surface area contributed by atoms with Crippen molar-refractivity contribution in [2.45, 2.75) is 32.7 Å². The Labute approximate surface area is 204 Å². The van der Waals surface area contributed by atoms with E-state index < -0.39 is 36.4 Å². The summed E-state index contributed by atoms with van der Waals surface area (Å²) in [6.07, 6.45) is 4.98. The largest absolute Gasteiger partial charge is 0.454 e. The zero-order valence-electron chi connectivity index (χ0n) is 19.8. The first-order valence-corrected chi connectivity index (χ1v) is 12.0. The second kappa shape index (κ2) is 9.13. The van der Waals surface area contributed by atoms with E-state index in [4.69, 9.17) is 4.74 Å². The molecule has 3 amide bonds. The van der Waals surface area contributed by atoms with Crippen LogP contribution in [0.1, 0.15) is 23.1 Å². The van der Waals surface area contributed by atoms with E-state index in [0.29, 0.717) is 5.69 Å². The maximum atomic E-state index is 13.4. The van der Waals surface area contributed by atoms with Gasteiger partial charge in [-0.05, 0) is 49.3 Å². The van der Waals surface area contributed by atoms with Crippen molar-refractivity contribution in [2.75, 3.05) is 11.9 Å². The molecule has 2 fully saturated rings. The summed E-state index contributed by atoms with van der Waals surface area (Å²) in [5.41, 5.74) is 3.41. The molecule has 2 aliphatic carbocycles. The number of ether oxygens (including phenoxy) is 1. The highest BCUT2D eigenvalue weighted by Crippen LogP contribution is 2.53. The Balaban J connectivity index is 1.32. The van der Waals surface area contributed by atoms with Crippen LogP contribution in [0.4, 0.5) is 5.69 Å². The van der Waals surface area contributed by atoms with Crippen molar-refractivity contribution < 1.29 is 23.9 Å². The topological polar surface area (TPSA) is 92.8 Å². The van der Waals surface area contributed by atoms with Gasteiger partial charge in [-0.2, -0.15) is 0 Å². The van der Waals surface area contributed by atoms with Crippen LogP contribution in [0, 0.1) is 37.5 Å². The van der Waals surface area contributed by atoms with Gasteiger partial charge < -0.3 is 10.1 Å². The fourth-order valence-corrected chi connectivity index (χ4v) is 5.72. The van der Waals surface area contributed by atoms with Crippen molar-refractivity contribution in [3.63, 3.8) is 0 Å². The average molecular weight is 473 g/mol. The predicted molar refractivity (Wildman–Crippen MR) is 129 cm³/mol. The highest BCUT2D eigenvalue weighted by Gasteiger charge is 2.61. The van der Waals surface area contributed by atoms with Crippen LogP contribution >= 0.6 is 0 Å². The summed E-state index contributed by atoms with van der Waals surface area (Å²) < 4.78 is 5.36. The molecule has 35 heavy (non-hydrogen) atoms. The maximum absolute atomic E-state index is 13.4. The van der Waals surface area contributed by atoms with Gasteiger partial charge in [-0.15, -0.1) is 0 Å². The van der Waals surface area contributed by atoms with Crippen LogP contribution in [0.25, 0.3) is 0 Å². The first-order chi connectivity index (χ1) is 16.8. The molecule has 0 unspecified atom stereocenters. The van der Waals surface area contributed by atoms with Crippen molar-refractivity contribution in [1.29, 1.82) is 0 Å². The van der Waals surface area contributed by atoms with Crippen molar-refractivity contribution in [3.05, 3.63) is 77.4 Å². The summed E-state index contributed by atoms with van der Waals surface area (Å²) in [5.74, 6) is -2.59. The number of likely N-dealkylation sites (tertiary alicyclic amines) is 1. The van der Waals surface area contributed by atoms with Gasteiger partial charge in [0.2, 0.25) is 11.8 Å². The quantitative estimate of drug-likeness (QED) is 0.380. The number of fused-ring (bicyclic) bond motifs is 5. The monoisotopic (exact) mass is 472 g/mol. The number of nitrogens with one attached hydrogen (secondary N) is 1. The van der Waals surface area contributed by atoms with E-state index in [0.717, 1.165) is 28.0 Å². The van der Waals surface area contributed by atoms with Crippen molar-refractivity contribution >= 4 is 29.4 Å². The second-order valence-corrected chi connectivity index (χ2v) is 9.73. The maximum Gasteiger partial charge on any atom is 0.330 e. The number of esters is 1. The molecule has 1 saturated carbocycles. The molecule has 0 spiro atoms. The van der Waals surface area contributed by atoms with Gasteiger partial charge in [-0.1, -0.05) is 60.2 Å². The van der Waals surface area contributed by atoms with Crippen LogP contribution in [0.5, 0.6) is 0 Å². The third-order valence-electron chi connectivity index (χ3n) is 7.36. The molecule has 0 aromatic heterocycles. The predicted octanol–water partition coefficient (Wildman–Crippen LogP) is 3.20. The second-order valence-electron chi connectivity index (χ2n) is 9.73. The van der Waals surface area contributed by atoms with Crippen LogP contribution in [-0.2, 0) is 30.3 Å². The average Bonchev–Trinajstić information content (AvgIpc) is 3.52. The zero-order chi connectivity index (χ0) is 24.7. The summed E-state index contributed by atoms with van der Waals surface area (Å²) in [7, 11) is 0. The Hall–Kier alpha value is -3.74. The first-order valence-electron chi connectivity index (χ1n) is 12.0. The van der Waals surface area contributed by atoms with Gasteiger partial charge in [0.05, 0.1) is 11.8 Å². The normalized spacial score (nSPS) is 25.0. The van der Waals surface area contributed by atoms with Gasteiger partial charge in [0, 0.05) is 12.1 Å². The van der Waals surface area contributed by atoms with E-state index in [9.17, 15) is 19.2 Å². The number of amides is 3. The fraction of sp³-hybridized carbons (Fsp3) is 0.357. The minimum atomic E-state index is -1.11. The molecule has 2 aromatic rings. The molecule has 5 atom stereocenters. The minimum absolute atomic E-state index is 0.0448. The van der Waals surface area contributed by atoms with Gasteiger partial charge >= 0.3 is 5.97 Å². The van der Waals surface area contributed by atoms with E-state index >= 15 is 0 Å². The van der Waals surface area contributed by atoms with Crippen LogP contribution in [0.15, 0.2) is 60.7 Å². The minimum Gasteiger partial charge on any atom is -0.454 e. The molecular weight excluding hydrogens is 444 g/mol. The van der Waals surface area contributed by atoms with E-state index in [1.807, 2.05) is 68.5 Å². The molecule has 0 radical (unpaired) electrons. The highest BCUT2D eigenvalue weighted by molar-refractivity contribution is 6.09. The number of hydrogen-bond donors (Lipinski definition) is 1.